The zero-order valence-electron chi connectivity index (χ0n) is 12.0. The van der Waals surface area contributed by atoms with E-state index in [0.717, 1.165) is 0 Å². The Morgan fingerprint density at radius 1 is 1.56 bits per heavy atom. The highest BCUT2D eigenvalue weighted by molar-refractivity contribution is 5.92. The summed E-state index contributed by atoms with van der Waals surface area (Å²) in [6, 6.07) is 0. The largest absolute Gasteiger partial charge is 0.387 e. The summed E-state index contributed by atoms with van der Waals surface area (Å²) < 4.78 is 5.58. The van der Waals surface area contributed by atoms with Crippen molar-refractivity contribution in [1.29, 1.82) is 0 Å². The Labute approximate surface area is 109 Å². The maximum atomic E-state index is 11.7. The van der Waals surface area contributed by atoms with Crippen LogP contribution in [0.3, 0.4) is 0 Å². The predicted octanol–water partition coefficient (Wildman–Crippen LogP) is 1.63. The zero-order valence-corrected chi connectivity index (χ0v) is 12.0. The molecule has 1 rings (SSSR count). The van der Waals surface area contributed by atoms with Crippen molar-refractivity contribution in [3.8, 4) is 0 Å². The van der Waals surface area contributed by atoms with E-state index in [1.54, 1.807) is 13.0 Å². The number of carbonyl (C=O) groups is 1. The van der Waals surface area contributed by atoms with Gasteiger partial charge in [-0.25, -0.2) is 0 Å². The lowest BCUT2D eigenvalue weighted by Gasteiger charge is -2.57. The van der Waals surface area contributed by atoms with Gasteiger partial charge >= 0.3 is 0 Å². The van der Waals surface area contributed by atoms with E-state index in [-0.39, 0.29) is 24.0 Å². The highest BCUT2D eigenvalue weighted by atomic mass is 16.5. The molecule has 0 saturated heterocycles. The number of amides is 1. The first-order valence-electron chi connectivity index (χ1n) is 6.53. The quantitative estimate of drug-likeness (QED) is 0.734. The predicted molar refractivity (Wildman–Crippen MR) is 71.2 cm³/mol. The monoisotopic (exact) mass is 255 g/mol. The van der Waals surface area contributed by atoms with Crippen molar-refractivity contribution in [2.24, 2.45) is 5.41 Å². The van der Waals surface area contributed by atoms with Crippen LogP contribution in [0.25, 0.3) is 0 Å². The van der Waals surface area contributed by atoms with Gasteiger partial charge in [0, 0.05) is 30.6 Å². The molecule has 0 bridgehead atoms. The fraction of sp³-hybridized carbons (Fsp3) is 0.786. The van der Waals surface area contributed by atoms with Crippen LogP contribution in [0.2, 0.25) is 0 Å². The number of hydrogen-bond donors (Lipinski definition) is 2. The summed E-state index contributed by atoms with van der Waals surface area (Å²) in [7, 11) is 0. The minimum absolute atomic E-state index is 0.0622. The Hall–Kier alpha value is -0.870. The van der Waals surface area contributed by atoms with Crippen molar-refractivity contribution in [3.63, 3.8) is 0 Å². The summed E-state index contributed by atoms with van der Waals surface area (Å²) in [6.07, 6.45) is 2.39. The van der Waals surface area contributed by atoms with E-state index in [9.17, 15) is 9.90 Å². The molecule has 1 amide bonds. The van der Waals surface area contributed by atoms with Crippen LogP contribution in [0, 0.1) is 5.41 Å². The molecule has 1 aliphatic rings. The lowest BCUT2D eigenvalue weighted by atomic mass is 9.56. The Bertz CT molecular complexity index is 349. The fourth-order valence-electron chi connectivity index (χ4n) is 2.26. The second-order valence-corrected chi connectivity index (χ2v) is 5.56. The van der Waals surface area contributed by atoms with E-state index in [4.69, 9.17) is 4.74 Å². The van der Waals surface area contributed by atoms with Gasteiger partial charge in [-0.3, -0.25) is 4.79 Å². The van der Waals surface area contributed by atoms with Crippen LogP contribution in [0.1, 0.15) is 41.0 Å². The normalized spacial score (nSPS) is 30.8. The number of carbonyl (C=O) groups excluding carboxylic acids is 1. The minimum atomic E-state index is -0.878. The summed E-state index contributed by atoms with van der Waals surface area (Å²) in [6.45, 7) is 10.4. The maximum absolute atomic E-state index is 11.7. The standard InChI is InChI=1S/C14H25NO3/c1-6-10(3)12(16)15-9-14(17)8-11(18-7-2)13(14,4)5/h6,11,17H,7-9H2,1-5H3,(H,15,16)/b10-6-/t11-,14+/m0/s1. The van der Waals surface area contributed by atoms with E-state index >= 15 is 0 Å². The van der Waals surface area contributed by atoms with Crippen molar-refractivity contribution in [3.05, 3.63) is 11.6 Å². The average molecular weight is 255 g/mol. The second kappa shape index (κ2) is 5.41. The number of rotatable bonds is 5. The molecule has 104 valence electrons. The zero-order chi connectivity index (χ0) is 14.0. The third-order valence-corrected chi connectivity index (χ3v) is 4.23. The van der Waals surface area contributed by atoms with E-state index in [1.807, 2.05) is 27.7 Å². The van der Waals surface area contributed by atoms with Crippen molar-refractivity contribution in [2.75, 3.05) is 13.2 Å². The number of allylic oxidation sites excluding steroid dienone is 1. The second-order valence-electron chi connectivity index (χ2n) is 5.56. The molecule has 0 unspecified atom stereocenters. The SMILES string of the molecule is C/C=C(/C)C(=O)NC[C@]1(O)C[C@H](OCC)C1(C)C. The van der Waals surface area contributed by atoms with Gasteiger partial charge in [0.2, 0.25) is 5.91 Å². The summed E-state index contributed by atoms with van der Waals surface area (Å²) in [5.41, 5.74) is -0.548. The Morgan fingerprint density at radius 3 is 2.61 bits per heavy atom. The molecule has 4 heteroatoms. The van der Waals surface area contributed by atoms with Gasteiger partial charge in [-0.05, 0) is 20.8 Å². The molecule has 0 aliphatic heterocycles. The van der Waals surface area contributed by atoms with E-state index in [1.165, 1.54) is 0 Å². The van der Waals surface area contributed by atoms with Gasteiger partial charge in [-0.15, -0.1) is 0 Å². The maximum Gasteiger partial charge on any atom is 0.246 e. The third kappa shape index (κ3) is 2.59. The number of ether oxygens (including phenoxy) is 1. The number of hydrogen-bond acceptors (Lipinski definition) is 3. The van der Waals surface area contributed by atoms with E-state index < -0.39 is 5.60 Å². The van der Waals surface area contributed by atoms with E-state index in [0.29, 0.717) is 18.6 Å². The average Bonchev–Trinajstić information content (AvgIpc) is 2.34. The molecule has 1 saturated carbocycles. The van der Waals surface area contributed by atoms with Crippen molar-refractivity contribution in [1.82, 2.24) is 5.32 Å². The summed E-state index contributed by atoms with van der Waals surface area (Å²) in [5, 5.41) is 13.3. The van der Waals surface area contributed by atoms with Crippen LogP contribution in [0.4, 0.5) is 0 Å². The lowest BCUT2D eigenvalue weighted by molar-refractivity contribution is -0.238. The summed E-state index contributed by atoms with van der Waals surface area (Å²) in [5.74, 6) is -0.124. The smallest absolute Gasteiger partial charge is 0.246 e. The van der Waals surface area contributed by atoms with Crippen LogP contribution in [-0.4, -0.2) is 35.9 Å². The molecule has 1 fully saturated rings. The van der Waals surface area contributed by atoms with Gasteiger partial charge in [0.25, 0.3) is 0 Å². The Kier molecular flexibility index (Phi) is 4.56. The van der Waals surface area contributed by atoms with Crippen molar-refractivity contribution in [2.45, 2.75) is 52.7 Å². The van der Waals surface area contributed by atoms with Gasteiger partial charge in [0.15, 0.2) is 0 Å². The fourth-order valence-corrected chi connectivity index (χ4v) is 2.26. The first-order valence-corrected chi connectivity index (χ1v) is 6.53. The first-order chi connectivity index (χ1) is 8.28. The Balaban J connectivity index is 2.56. The molecule has 4 nitrogen and oxygen atoms in total. The molecule has 0 aromatic rings. The van der Waals surface area contributed by atoms with Gasteiger partial charge in [0.1, 0.15) is 0 Å². The van der Waals surface area contributed by atoms with Crippen molar-refractivity contribution < 1.29 is 14.6 Å². The van der Waals surface area contributed by atoms with E-state index in [2.05, 4.69) is 5.32 Å². The molecule has 0 aromatic heterocycles. The summed E-state index contributed by atoms with van der Waals surface area (Å²) in [4.78, 5) is 11.7. The Morgan fingerprint density at radius 2 is 2.17 bits per heavy atom. The van der Waals surface area contributed by atoms with Crippen LogP contribution < -0.4 is 5.32 Å². The van der Waals surface area contributed by atoms with Gasteiger partial charge in [-0.1, -0.05) is 19.9 Å². The first kappa shape index (κ1) is 15.2. The van der Waals surface area contributed by atoms with Gasteiger partial charge < -0.3 is 15.2 Å². The number of aliphatic hydroxyl groups is 1. The molecule has 0 heterocycles. The molecule has 1 aliphatic carbocycles. The molecule has 0 aromatic carbocycles. The van der Waals surface area contributed by atoms with Crippen LogP contribution in [0.5, 0.6) is 0 Å². The molecule has 0 radical (unpaired) electrons. The van der Waals surface area contributed by atoms with Gasteiger partial charge in [0.05, 0.1) is 11.7 Å². The highest BCUT2D eigenvalue weighted by Gasteiger charge is 2.59. The molecule has 18 heavy (non-hydrogen) atoms. The molecule has 2 atom stereocenters. The molecular formula is C14H25NO3. The molecular weight excluding hydrogens is 230 g/mol. The topological polar surface area (TPSA) is 58.6 Å². The molecule has 0 spiro atoms. The summed E-state index contributed by atoms with van der Waals surface area (Å²) >= 11 is 0. The van der Waals surface area contributed by atoms with Crippen LogP contribution >= 0.6 is 0 Å². The third-order valence-electron chi connectivity index (χ3n) is 4.23. The lowest BCUT2D eigenvalue weighted by Crippen LogP contribution is -2.68. The highest BCUT2D eigenvalue weighted by Crippen LogP contribution is 2.50. The van der Waals surface area contributed by atoms with Gasteiger partial charge in [-0.2, -0.15) is 0 Å². The van der Waals surface area contributed by atoms with Crippen LogP contribution in [-0.2, 0) is 9.53 Å². The number of nitrogens with one attached hydrogen (secondary N) is 1. The minimum Gasteiger partial charge on any atom is -0.387 e. The van der Waals surface area contributed by atoms with Crippen LogP contribution in [0.15, 0.2) is 11.6 Å². The van der Waals surface area contributed by atoms with Crippen molar-refractivity contribution >= 4 is 5.91 Å². The molecule has 2 N–H and O–H groups in total.